The number of hydrogen-bond acceptors (Lipinski definition) is 5. The number of rotatable bonds is 5. The maximum Gasteiger partial charge on any atom is 0.335 e. The number of carboxylic acid groups (broad SMARTS) is 1. The third-order valence-electron chi connectivity index (χ3n) is 2.94. The first-order valence-corrected chi connectivity index (χ1v) is 6.01. The lowest BCUT2D eigenvalue weighted by molar-refractivity contribution is 0.0697. The predicted octanol–water partition coefficient (Wildman–Crippen LogP) is 1.51. The first-order valence-electron chi connectivity index (χ1n) is 6.01. The van der Waals surface area contributed by atoms with E-state index in [4.69, 9.17) is 5.11 Å². The first kappa shape index (κ1) is 13.2. The molecule has 0 aliphatic rings. The average Bonchev–Trinajstić information content (AvgIpc) is 2.44. The highest BCUT2D eigenvalue weighted by atomic mass is 16.4. The molecule has 0 spiro atoms. The van der Waals surface area contributed by atoms with Gasteiger partial charge in [-0.2, -0.15) is 0 Å². The molecular formula is C13H15N3O3. The molecule has 1 unspecified atom stereocenters. The number of hydrogen-bond donors (Lipinski definition) is 3. The summed E-state index contributed by atoms with van der Waals surface area (Å²) in [7, 11) is 0. The Kier molecular flexibility index (Phi) is 3.91. The van der Waals surface area contributed by atoms with Gasteiger partial charge in [-0.15, -0.1) is 0 Å². The fourth-order valence-corrected chi connectivity index (χ4v) is 1.78. The van der Waals surface area contributed by atoms with Gasteiger partial charge < -0.3 is 15.5 Å². The predicted molar refractivity (Wildman–Crippen MR) is 71.3 cm³/mol. The Bertz CT molecular complexity index is 597. The molecule has 19 heavy (non-hydrogen) atoms. The summed E-state index contributed by atoms with van der Waals surface area (Å²) in [6, 6.07) is 4.60. The van der Waals surface area contributed by atoms with Crippen molar-refractivity contribution in [2.24, 2.45) is 0 Å². The molecule has 1 aromatic carbocycles. The molecule has 0 saturated heterocycles. The van der Waals surface area contributed by atoms with E-state index < -0.39 is 5.97 Å². The Morgan fingerprint density at radius 1 is 1.42 bits per heavy atom. The highest BCUT2D eigenvalue weighted by Crippen LogP contribution is 2.21. The summed E-state index contributed by atoms with van der Waals surface area (Å²) in [6.45, 7) is 1.97. The molecule has 6 heteroatoms. The Morgan fingerprint density at radius 2 is 2.21 bits per heavy atom. The van der Waals surface area contributed by atoms with Gasteiger partial charge >= 0.3 is 5.97 Å². The number of carbonyl (C=O) groups is 1. The third kappa shape index (κ3) is 2.79. The second kappa shape index (κ2) is 5.62. The van der Waals surface area contributed by atoms with E-state index in [0.29, 0.717) is 11.3 Å². The van der Waals surface area contributed by atoms with Gasteiger partial charge in [-0.25, -0.2) is 14.8 Å². The number of aromatic nitrogens is 2. The van der Waals surface area contributed by atoms with E-state index in [-0.39, 0.29) is 18.2 Å². The molecule has 6 nitrogen and oxygen atoms in total. The van der Waals surface area contributed by atoms with Crippen molar-refractivity contribution >= 4 is 22.7 Å². The molecule has 0 aliphatic carbocycles. The minimum Gasteiger partial charge on any atom is -0.478 e. The molecule has 0 aliphatic heterocycles. The number of carboxylic acids is 1. The Labute approximate surface area is 110 Å². The van der Waals surface area contributed by atoms with Crippen LogP contribution in [0.3, 0.4) is 0 Å². The fourth-order valence-electron chi connectivity index (χ4n) is 1.78. The first-order chi connectivity index (χ1) is 9.15. The molecule has 0 saturated carbocycles. The molecule has 1 atom stereocenters. The molecule has 2 rings (SSSR count). The second-order valence-corrected chi connectivity index (χ2v) is 4.19. The van der Waals surface area contributed by atoms with Crippen LogP contribution in [0.25, 0.3) is 10.9 Å². The Balaban J connectivity index is 2.43. The van der Waals surface area contributed by atoms with Crippen molar-refractivity contribution in [3.05, 3.63) is 30.1 Å². The number of anilines is 1. The van der Waals surface area contributed by atoms with E-state index in [0.717, 1.165) is 11.8 Å². The molecule has 1 aromatic heterocycles. The Hall–Kier alpha value is -2.21. The maximum atomic E-state index is 10.9. The van der Waals surface area contributed by atoms with Gasteiger partial charge in [-0.3, -0.25) is 0 Å². The summed E-state index contributed by atoms with van der Waals surface area (Å²) in [5.41, 5.74) is 0.747. The van der Waals surface area contributed by atoms with E-state index in [1.807, 2.05) is 6.92 Å². The fraction of sp³-hybridized carbons (Fsp3) is 0.308. The number of fused-ring (bicyclic) bond motifs is 1. The van der Waals surface area contributed by atoms with Crippen LogP contribution in [-0.2, 0) is 0 Å². The number of nitrogens with one attached hydrogen (secondary N) is 1. The van der Waals surface area contributed by atoms with Crippen molar-refractivity contribution in [3.63, 3.8) is 0 Å². The summed E-state index contributed by atoms with van der Waals surface area (Å²) in [5, 5.41) is 22.0. The second-order valence-electron chi connectivity index (χ2n) is 4.19. The Morgan fingerprint density at radius 3 is 2.84 bits per heavy atom. The highest BCUT2D eigenvalue weighted by molar-refractivity contribution is 5.96. The zero-order valence-corrected chi connectivity index (χ0v) is 10.5. The van der Waals surface area contributed by atoms with Crippen LogP contribution in [0.1, 0.15) is 23.7 Å². The van der Waals surface area contributed by atoms with Gasteiger partial charge in [0.25, 0.3) is 0 Å². The van der Waals surface area contributed by atoms with E-state index in [1.54, 1.807) is 6.07 Å². The van der Waals surface area contributed by atoms with Crippen molar-refractivity contribution in [3.8, 4) is 0 Å². The van der Waals surface area contributed by atoms with Gasteiger partial charge in [-0.05, 0) is 24.6 Å². The van der Waals surface area contributed by atoms with E-state index in [2.05, 4.69) is 15.3 Å². The summed E-state index contributed by atoms with van der Waals surface area (Å²) in [6.07, 6.45) is 2.13. The molecule has 100 valence electrons. The van der Waals surface area contributed by atoms with Gasteiger partial charge in [0.15, 0.2) is 0 Å². The lowest BCUT2D eigenvalue weighted by atomic mass is 10.1. The van der Waals surface area contributed by atoms with Crippen molar-refractivity contribution in [2.45, 2.75) is 19.4 Å². The van der Waals surface area contributed by atoms with Gasteiger partial charge in [0.2, 0.25) is 0 Å². The van der Waals surface area contributed by atoms with Crippen LogP contribution in [0.5, 0.6) is 0 Å². The topological polar surface area (TPSA) is 95.3 Å². The van der Waals surface area contributed by atoms with E-state index in [1.165, 1.54) is 18.5 Å². The van der Waals surface area contributed by atoms with Crippen LogP contribution in [0.2, 0.25) is 0 Å². The minimum absolute atomic E-state index is 0.00913. The van der Waals surface area contributed by atoms with Gasteiger partial charge in [0.1, 0.15) is 12.1 Å². The summed E-state index contributed by atoms with van der Waals surface area (Å²) in [5.74, 6) is -0.389. The van der Waals surface area contributed by atoms with E-state index in [9.17, 15) is 9.90 Å². The average molecular weight is 261 g/mol. The monoisotopic (exact) mass is 261 g/mol. The molecule has 0 radical (unpaired) electrons. The van der Waals surface area contributed by atoms with Gasteiger partial charge in [0.05, 0.1) is 23.7 Å². The normalized spacial score (nSPS) is 12.3. The molecular weight excluding hydrogens is 246 g/mol. The maximum absolute atomic E-state index is 10.9. The van der Waals surface area contributed by atoms with Crippen molar-refractivity contribution in [2.75, 3.05) is 11.9 Å². The highest BCUT2D eigenvalue weighted by Gasteiger charge is 2.11. The summed E-state index contributed by atoms with van der Waals surface area (Å²) >= 11 is 0. The molecule has 1 heterocycles. The lowest BCUT2D eigenvalue weighted by Gasteiger charge is -2.15. The zero-order chi connectivity index (χ0) is 13.8. The number of aliphatic hydroxyl groups excluding tert-OH is 1. The van der Waals surface area contributed by atoms with Crippen molar-refractivity contribution < 1.29 is 15.0 Å². The number of aromatic carboxylic acids is 1. The SMILES string of the molecule is CCC(CO)Nc1ncnc2cc(C(=O)O)ccc12. The molecule has 0 bridgehead atoms. The van der Waals surface area contributed by atoms with Crippen LogP contribution >= 0.6 is 0 Å². The smallest absolute Gasteiger partial charge is 0.335 e. The van der Waals surface area contributed by atoms with Crippen molar-refractivity contribution in [1.82, 2.24) is 9.97 Å². The molecule has 2 aromatic rings. The largest absolute Gasteiger partial charge is 0.478 e. The van der Waals surface area contributed by atoms with Crippen molar-refractivity contribution in [1.29, 1.82) is 0 Å². The lowest BCUT2D eigenvalue weighted by Crippen LogP contribution is -2.23. The van der Waals surface area contributed by atoms with Crippen LogP contribution in [0.4, 0.5) is 5.82 Å². The zero-order valence-electron chi connectivity index (χ0n) is 10.5. The third-order valence-corrected chi connectivity index (χ3v) is 2.94. The number of benzene rings is 1. The van der Waals surface area contributed by atoms with Crippen LogP contribution in [0.15, 0.2) is 24.5 Å². The minimum atomic E-state index is -0.989. The molecule has 0 fully saturated rings. The van der Waals surface area contributed by atoms with Crippen LogP contribution < -0.4 is 5.32 Å². The van der Waals surface area contributed by atoms with Crippen LogP contribution in [0, 0.1) is 0 Å². The quantitative estimate of drug-likeness (QED) is 0.755. The van der Waals surface area contributed by atoms with Crippen LogP contribution in [-0.4, -0.2) is 38.8 Å². The van der Waals surface area contributed by atoms with Gasteiger partial charge in [0, 0.05) is 5.39 Å². The standard InChI is InChI=1S/C13H15N3O3/c1-2-9(6-17)16-12-10-4-3-8(13(18)19)5-11(10)14-7-15-12/h3-5,7,9,17H,2,6H2,1H3,(H,18,19)(H,14,15,16). The number of nitrogens with zero attached hydrogens (tertiary/aromatic N) is 2. The summed E-state index contributed by atoms with van der Waals surface area (Å²) in [4.78, 5) is 19.1. The van der Waals surface area contributed by atoms with E-state index >= 15 is 0 Å². The molecule has 0 amide bonds. The summed E-state index contributed by atoms with van der Waals surface area (Å²) < 4.78 is 0. The molecule has 3 N–H and O–H groups in total. The number of aliphatic hydroxyl groups is 1. The van der Waals surface area contributed by atoms with Gasteiger partial charge in [-0.1, -0.05) is 6.92 Å².